The molecule has 2 nitrogen and oxygen atoms in total. The summed E-state index contributed by atoms with van der Waals surface area (Å²) in [6.45, 7) is 14.9. The number of carbonyl (C=O) groups excluding carboxylic acids is 1. The van der Waals surface area contributed by atoms with Crippen molar-refractivity contribution >= 4 is 37.9 Å². The maximum absolute atomic E-state index is 12.1. The first kappa shape index (κ1) is 24.4. The first-order valence-electron chi connectivity index (χ1n) is 9.50. The van der Waals surface area contributed by atoms with E-state index < -0.39 is 8.32 Å². The first-order valence-corrected chi connectivity index (χ1v) is 12.4. The van der Waals surface area contributed by atoms with Crippen molar-refractivity contribution in [2.45, 2.75) is 76.8 Å². The van der Waals surface area contributed by atoms with E-state index in [-0.39, 0.29) is 16.9 Å². The normalized spacial score (nSPS) is 13.3. The molecule has 1 aromatic carbocycles. The van der Waals surface area contributed by atoms with Gasteiger partial charge in [0, 0.05) is 0 Å². The zero-order valence-electron chi connectivity index (χ0n) is 17.6. The van der Waals surface area contributed by atoms with Gasteiger partial charge in [-0.1, -0.05) is 57.2 Å². The Kier molecular flexibility index (Phi) is 11.6. The molecule has 0 fully saturated rings. The zero-order chi connectivity index (χ0) is 19.5. The number of carbonyl (C=O) groups is 1. The molecule has 1 aromatic rings. The van der Waals surface area contributed by atoms with Crippen LogP contribution in [0.4, 0.5) is 0 Å². The number of hydrogen-bond donors (Lipinski definition) is 0. The van der Waals surface area contributed by atoms with Gasteiger partial charge in [-0.15, -0.1) is 0 Å². The fourth-order valence-electron chi connectivity index (χ4n) is 1.91. The Morgan fingerprint density at radius 1 is 1.24 bits per heavy atom. The molecule has 136 valence electrons. The van der Waals surface area contributed by atoms with Crippen LogP contribution >= 0.6 is 0 Å². The fraction of sp³-hybridized carbons (Fsp3) is 0.571. The van der Waals surface area contributed by atoms with Gasteiger partial charge in [0.1, 0.15) is 6.10 Å². The Hall–Kier alpha value is -0.596. The number of hydrogen-bond acceptors (Lipinski definition) is 2. The van der Waals surface area contributed by atoms with E-state index in [0.717, 1.165) is 5.56 Å². The molecule has 0 heterocycles. The molecule has 0 amide bonds. The summed E-state index contributed by atoms with van der Waals surface area (Å²) >= 11 is 2.21. The van der Waals surface area contributed by atoms with Crippen LogP contribution < -0.4 is 0 Å². The van der Waals surface area contributed by atoms with Gasteiger partial charge in [-0.05, 0) is 36.7 Å². The summed E-state index contributed by atoms with van der Waals surface area (Å²) in [6, 6.07) is 9.83. The van der Waals surface area contributed by atoms with E-state index in [1.807, 2.05) is 43.3 Å². The minimum absolute atomic E-state index is 0.0266. The summed E-state index contributed by atoms with van der Waals surface area (Å²) in [6.07, 6.45) is 5.81. The predicted octanol–water partition coefficient (Wildman–Crippen LogP) is 6.05. The van der Waals surface area contributed by atoms with Crippen LogP contribution in [0.5, 0.6) is 0 Å². The average Bonchev–Trinajstić information content (AvgIpc) is 2.53. The fourth-order valence-corrected chi connectivity index (χ4v) is 3.26. The molecule has 1 unspecified atom stereocenters. The topological polar surface area (TPSA) is 26.3 Å². The van der Waals surface area contributed by atoms with Gasteiger partial charge in [-0.25, -0.2) is 0 Å². The Morgan fingerprint density at radius 3 is 2.20 bits per heavy atom. The molecule has 0 spiro atoms. The molecule has 0 aliphatic rings. The molecule has 0 aromatic heterocycles. The van der Waals surface area contributed by atoms with Crippen LogP contribution in [0, 0.1) is 0 Å². The van der Waals surface area contributed by atoms with Crippen molar-refractivity contribution in [1.82, 2.24) is 0 Å². The summed E-state index contributed by atoms with van der Waals surface area (Å²) in [7, 11) is -1.89. The van der Waals surface area contributed by atoms with E-state index >= 15 is 0 Å². The summed E-state index contributed by atoms with van der Waals surface area (Å²) in [5.74, 6) is 0.0266. The Bertz CT molecular complexity index is 516. The van der Waals surface area contributed by atoms with Crippen molar-refractivity contribution in [3.05, 3.63) is 42.0 Å². The van der Waals surface area contributed by atoms with Crippen molar-refractivity contribution < 1.29 is 9.22 Å². The monoisotopic (exact) mass is 354 g/mol. The van der Waals surface area contributed by atoms with E-state index in [0.29, 0.717) is 0 Å². The molecule has 4 heteroatoms. The Labute approximate surface area is 165 Å². The Balaban J connectivity index is 0.00000101. The average molecular weight is 355 g/mol. The van der Waals surface area contributed by atoms with E-state index in [1.54, 1.807) is 6.08 Å². The van der Waals surface area contributed by atoms with Gasteiger partial charge >= 0.3 is 42.6 Å². The van der Waals surface area contributed by atoms with Crippen LogP contribution in [-0.4, -0.2) is 37.9 Å². The van der Waals surface area contributed by atoms with Crippen molar-refractivity contribution in [3.8, 4) is 0 Å². The second-order valence-electron chi connectivity index (χ2n) is 8.02. The standard InChI is InChI=1S/C17H26O2Si.C4H9.Li/c1-14(19-20(5,6)17(2,3)4)16(18)13-12-15-10-8-7-9-11-15;1-3-4-2;/h7-14H,1-6H3;1,3-4H2,2H3;. The van der Waals surface area contributed by atoms with Crippen LogP contribution in [0.15, 0.2) is 36.4 Å². The van der Waals surface area contributed by atoms with Crippen LogP contribution in [0.2, 0.25) is 23.2 Å². The van der Waals surface area contributed by atoms with E-state index in [9.17, 15) is 4.79 Å². The van der Waals surface area contributed by atoms with Crippen LogP contribution in [0.3, 0.4) is 0 Å². The number of ketones is 1. The first-order chi connectivity index (χ1) is 11.5. The molecule has 0 bridgehead atoms. The van der Waals surface area contributed by atoms with Crippen molar-refractivity contribution in [2.24, 2.45) is 0 Å². The van der Waals surface area contributed by atoms with E-state index in [4.69, 9.17) is 4.43 Å². The molecule has 0 radical (unpaired) electrons. The molecular weight excluding hydrogens is 319 g/mol. The molecular formula is C21H35LiO2Si. The third-order valence-corrected chi connectivity index (χ3v) is 9.18. The molecule has 1 atom stereocenters. The predicted molar refractivity (Wildman–Crippen MR) is 114 cm³/mol. The van der Waals surface area contributed by atoms with E-state index in [1.165, 1.54) is 17.9 Å². The minimum atomic E-state index is -1.89. The number of rotatable bonds is 7. The zero-order valence-corrected chi connectivity index (χ0v) is 18.6. The van der Waals surface area contributed by atoms with Gasteiger partial charge < -0.3 is 4.43 Å². The quantitative estimate of drug-likeness (QED) is 0.440. The number of benzene rings is 1. The van der Waals surface area contributed by atoms with Gasteiger partial charge in [-0.3, -0.25) is 4.79 Å². The molecule has 25 heavy (non-hydrogen) atoms. The number of unbranched alkanes of at least 4 members (excludes halogenated alkanes) is 1. The summed E-state index contributed by atoms with van der Waals surface area (Å²) in [5, 5.41) is 1.46. The van der Waals surface area contributed by atoms with Crippen LogP contribution in [0.1, 0.15) is 53.0 Å². The third-order valence-electron chi connectivity index (χ3n) is 4.62. The van der Waals surface area contributed by atoms with Crippen molar-refractivity contribution in [2.75, 3.05) is 0 Å². The van der Waals surface area contributed by atoms with E-state index in [2.05, 4.69) is 58.5 Å². The van der Waals surface area contributed by atoms with Gasteiger partial charge in [0.2, 0.25) is 0 Å². The third kappa shape index (κ3) is 10.2. The second-order valence-corrected chi connectivity index (χ2v) is 12.8. The van der Waals surface area contributed by atoms with Crippen molar-refractivity contribution in [1.29, 1.82) is 0 Å². The molecule has 0 aliphatic heterocycles. The summed E-state index contributed by atoms with van der Waals surface area (Å²) in [4.78, 5) is 12.1. The van der Waals surface area contributed by atoms with Gasteiger partial charge in [0.25, 0.3) is 0 Å². The van der Waals surface area contributed by atoms with Gasteiger partial charge in [0.15, 0.2) is 14.1 Å². The SMILES string of the molecule is CC(O[Si](C)(C)C(C)(C)C)C(=O)C=Cc1ccccc1.[Li][CH2]CCC. The molecule has 0 aliphatic carbocycles. The summed E-state index contributed by atoms with van der Waals surface area (Å²) < 4.78 is 6.09. The summed E-state index contributed by atoms with van der Waals surface area (Å²) in [5.41, 5.74) is 1.03. The van der Waals surface area contributed by atoms with Gasteiger partial charge in [-0.2, -0.15) is 0 Å². The van der Waals surface area contributed by atoms with Crippen LogP contribution in [-0.2, 0) is 9.22 Å². The Morgan fingerprint density at radius 2 is 1.80 bits per heavy atom. The molecule has 1 rings (SSSR count). The molecule has 0 N–H and O–H groups in total. The van der Waals surface area contributed by atoms with Crippen molar-refractivity contribution in [3.63, 3.8) is 0 Å². The molecule has 0 saturated heterocycles. The molecule has 0 saturated carbocycles. The van der Waals surface area contributed by atoms with Crippen LogP contribution in [0.25, 0.3) is 6.08 Å². The van der Waals surface area contributed by atoms with Gasteiger partial charge in [0.05, 0.1) is 0 Å². The maximum atomic E-state index is 12.1. The second kappa shape index (κ2) is 11.9.